The molecule has 1 aromatic heterocycles. The highest BCUT2D eigenvalue weighted by molar-refractivity contribution is 5.94. The molecule has 2 heterocycles. The molecule has 1 aromatic carbocycles. The monoisotopic (exact) mass is 411 g/mol. The van der Waals surface area contributed by atoms with E-state index >= 15 is 0 Å². The molecule has 0 radical (unpaired) electrons. The number of rotatable bonds is 6. The number of amides is 2. The van der Waals surface area contributed by atoms with E-state index in [1.807, 2.05) is 31.2 Å². The number of carbonyl (C=O) groups excluding carboxylic acids is 2. The van der Waals surface area contributed by atoms with Crippen LogP contribution in [0.5, 0.6) is 0 Å². The molecular formula is C24H33N3O3. The van der Waals surface area contributed by atoms with Gasteiger partial charge in [-0.15, -0.1) is 0 Å². The average Bonchev–Trinajstić information content (AvgIpc) is 3.25. The van der Waals surface area contributed by atoms with E-state index in [1.54, 1.807) is 6.26 Å². The normalized spacial score (nSPS) is 16.8. The van der Waals surface area contributed by atoms with Crippen LogP contribution in [-0.2, 0) is 21.5 Å². The molecule has 0 spiro atoms. The van der Waals surface area contributed by atoms with E-state index in [0.717, 1.165) is 37.4 Å². The maximum atomic E-state index is 12.7. The summed E-state index contributed by atoms with van der Waals surface area (Å²) < 4.78 is 5.25. The van der Waals surface area contributed by atoms with Crippen LogP contribution < -0.4 is 10.6 Å². The van der Waals surface area contributed by atoms with E-state index in [9.17, 15) is 9.59 Å². The minimum atomic E-state index is -0.237. The Kier molecular flexibility index (Phi) is 6.98. The van der Waals surface area contributed by atoms with Crippen molar-refractivity contribution in [2.24, 2.45) is 5.92 Å². The molecule has 1 aliphatic heterocycles. The highest BCUT2D eigenvalue weighted by atomic mass is 16.3. The lowest BCUT2D eigenvalue weighted by Gasteiger charge is -2.34. The number of benzene rings is 1. The quantitative estimate of drug-likeness (QED) is 0.755. The van der Waals surface area contributed by atoms with Crippen LogP contribution in [0.15, 0.2) is 47.1 Å². The number of nitrogens with one attached hydrogen (secondary N) is 2. The van der Waals surface area contributed by atoms with Crippen molar-refractivity contribution in [3.05, 3.63) is 54.0 Å². The molecule has 0 saturated carbocycles. The van der Waals surface area contributed by atoms with Gasteiger partial charge in [0.25, 0.3) is 0 Å². The fraction of sp³-hybridized carbons (Fsp3) is 0.500. The van der Waals surface area contributed by atoms with Crippen LogP contribution in [0.2, 0.25) is 0 Å². The third-order valence-electron chi connectivity index (χ3n) is 5.86. The van der Waals surface area contributed by atoms with E-state index in [1.165, 1.54) is 5.56 Å². The number of nitrogens with zero attached hydrogens (tertiary/aromatic N) is 1. The van der Waals surface area contributed by atoms with Crippen molar-refractivity contribution in [3.63, 3.8) is 0 Å². The van der Waals surface area contributed by atoms with Crippen LogP contribution in [0.3, 0.4) is 0 Å². The Labute approximate surface area is 179 Å². The minimum absolute atomic E-state index is 0.0146. The van der Waals surface area contributed by atoms with Crippen molar-refractivity contribution in [2.75, 3.05) is 18.4 Å². The first-order chi connectivity index (χ1) is 14.2. The number of hydrogen-bond acceptors (Lipinski definition) is 4. The van der Waals surface area contributed by atoms with Gasteiger partial charge in [-0.1, -0.05) is 32.9 Å². The van der Waals surface area contributed by atoms with Crippen molar-refractivity contribution in [3.8, 4) is 0 Å². The first-order valence-electron chi connectivity index (χ1n) is 10.7. The van der Waals surface area contributed by atoms with Crippen molar-refractivity contribution < 1.29 is 14.0 Å². The van der Waals surface area contributed by atoms with Gasteiger partial charge < -0.3 is 15.1 Å². The summed E-state index contributed by atoms with van der Waals surface area (Å²) in [5.74, 6) is 0.777. The highest BCUT2D eigenvalue weighted by Crippen LogP contribution is 2.24. The number of piperidine rings is 1. The van der Waals surface area contributed by atoms with Crippen molar-refractivity contribution >= 4 is 17.5 Å². The summed E-state index contributed by atoms with van der Waals surface area (Å²) in [6.07, 6.45) is 3.11. The predicted octanol–water partition coefficient (Wildman–Crippen LogP) is 3.93. The summed E-state index contributed by atoms with van der Waals surface area (Å²) in [5, 5.41) is 5.96. The Balaban J connectivity index is 1.45. The second-order valence-electron chi connectivity index (χ2n) is 9.10. The van der Waals surface area contributed by atoms with E-state index in [0.29, 0.717) is 6.54 Å². The average molecular weight is 412 g/mol. The number of hydrogen-bond donors (Lipinski definition) is 2. The molecule has 1 atom stereocenters. The molecule has 3 rings (SSSR count). The first kappa shape index (κ1) is 22.1. The molecule has 0 aliphatic carbocycles. The number of anilines is 1. The SMILES string of the molecule is CC(C(=O)Nc1ccc(C(C)(C)C)cc1)N1CCC(C(=O)NCc2ccco2)CC1. The Morgan fingerprint density at radius 3 is 2.37 bits per heavy atom. The summed E-state index contributed by atoms with van der Waals surface area (Å²) in [6, 6.07) is 11.5. The van der Waals surface area contributed by atoms with Gasteiger partial charge >= 0.3 is 0 Å². The second-order valence-corrected chi connectivity index (χ2v) is 9.10. The molecule has 162 valence electrons. The van der Waals surface area contributed by atoms with Gasteiger partial charge in [-0.25, -0.2) is 0 Å². The lowest BCUT2D eigenvalue weighted by atomic mass is 9.87. The van der Waals surface area contributed by atoms with Crippen LogP contribution in [0.1, 0.15) is 51.9 Å². The molecule has 2 amide bonds. The van der Waals surface area contributed by atoms with Gasteiger partial charge in [0.15, 0.2) is 0 Å². The third-order valence-corrected chi connectivity index (χ3v) is 5.86. The molecule has 2 aromatic rings. The van der Waals surface area contributed by atoms with Gasteiger partial charge in [-0.05, 0) is 68.1 Å². The van der Waals surface area contributed by atoms with Gasteiger partial charge in [-0.3, -0.25) is 14.5 Å². The van der Waals surface area contributed by atoms with E-state index in [-0.39, 0.29) is 29.2 Å². The summed E-state index contributed by atoms with van der Waals surface area (Å²) in [6.45, 7) is 10.3. The van der Waals surface area contributed by atoms with Gasteiger partial charge in [-0.2, -0.15) is 0 Å². The van der Waals surface area contributed by atoms with Crippen molar-refractivity contribution in [1.29, 1.82) is 0 Å². The Hall–Kier alpha value is -2.60. The summed E-state index contributed by atoms with van der Waals surface area (Å²) in [7, 11) is 0. The largest absolute Gasteiger partial charge is 0.467 e. The molecule has 30 heavy (non-hydrogen) atoms. The molecule has 1 unspecified atom stereocenters. The molecule has 6 nitrogen and oxygen atoms in total. The Morgan fingerprint density at radius 2 is 1.80 bits per heavy atom. The van der Waals surface area contributed by atoms with Gasteiger partial charge in [0.1, 0.15) is 5.76 Å². The topological polar surface area (TPSA) is 74.6 Å². The van der Waals surface area contributed by atoms with E-state index < -0.39 is 0 Å². The van der Waals surface area contributed by atoms with Crippen LogP contribution >= 0.6 is 0 Å². The fourth-order valence-electron chi connectivity index (χ4n) is 3.75. The van der Waals surface area contributed by atoms with Crippen LogP contribution in [0.25, 0.3) is 0 Å². The maximum Gasteiger partial charge on any atom is 0.241 e. The van der Waals surface area contributed by atoms with Gasteiger partial charge in [0.05, 0.1) is 18.8 Å². The lowest BCUT2D eigenvalue weighted by Crippen LogP contribution is -2.48. The predicted molar refractivity (Wildman–Crippen MR) is 118 cm³/mol. The fourth-order valence-corrected chi connectivity index (χ4v) is 3.75. The molecule has 1 aliphatic rings. The zero-order chi connectivity index (χ0) is 21.7. The molecule has 1 saturated heterocycles. The molecule has 0 bridgehead atoms. The standard InChI is InChI=1S/C24H33N3O3/c1-17(22(28)26-20-9-7-19(8-10-20)24(2,3)4)27-13-11-18(12-14-27)23(29)25-16-21-6-5-15-30-21/h5-10,15,17-18H,11-14,16H2,1-4H3,(H,25,29)(H,26,28). The molecule has 2 N–H and O–H groups in total. The van der Waals surface area contributed by atoms with Crippen LogP contribution in [0.4, 0.5) is 5.69 Å². The van der Waals surface area contributed by atoms with E-state index in [4.69, 9.17) is 4.42 Å². The minimum Gasteiger partial charge on any atom is -0.467 e. The summed E-state index contributed by atoms with van der Waals surface area (Å²) in [4.78, 5) is 27.2. The smallest absolute Gasteiger partial charge is 0.241 e. The third kappa shape index (κ3) is 5.72. The zero-order valence-electron chi connectivity index (χ0n) is 18.4. The lowest BCUT2D eigenvalue weighted by molar-refractivity contribution is -0.127. The number of likely N-dealkylation sites (tertiary alicyclic amines) is 1. The number of carbonyl (C=O) groups is 2. The maximum absolute atomic E-state index is 12.7. The van der Waals surface area contributed by atoms with Gasteiger partial charge in [0, 0.05) is 11.6 Å². The number of furan rings is 1. The van der Waals surface area contributed by atoms with E-state index in [2.05, 4.69) is 48.4 Å². The second kappa shape index (κ2) is 9.47. The molecular weight excluding hydrogens is 378 g/mol. The van der Waals surface area contributed by atoms with Crippen LogP contribution in [-0.4, -0.2) is 35.8 Å². The van der Waals surface area contributed by atoms with Crippen LogP contribution in [0, 0.1) is 5.92 Å². The van der Waals surface area contributed by atoms with Crippen molar-refractivity contribution in [1.82, 2.24) is 10.2 Å². The highest BCUT2D eigenvalue weighted by Gasteiger charge is 2.29. The Morgan fingerprint density at radius 1 is 1.13 bits per heavy atom. The summed E-state index contributed by atoms with van der Waals surface area (Å²) in [5.41, 5.74) is 2.14. The molecule has 6 heteroatoms. The van der Waals surface area contributed by atoms with Gasteiger partial charge in [0.2, 0.25) is 11.8 Å². The Bertz CT molecular complexity index is 830. The summed E-state index contributed by atoms with van der Waals surface area (Å²) >= 11 is 0. The van der Waals surface area contributed by atoms with Crippen molar-refractivity contribution in [2.45, 2.75) is 58.5 Å². The zero-order valence-corrected chi connectivity index (χ0v) is 18.4. The molecule has 1 fully saturated rings. The first-order valence-corrected chi connectivity index (χ1v) is 10.7.